The highest BCUT2D eigenvalue weighted by Gasteiger charge is 2.15. The van der Waals surface area contributed by atoms with Crippen LogP contribution in [0.1, 0.15) is 83.6 Å². The van der Waals surface area contributed by atoms with Gasteiger partial charge in [-0.3, -0.25) is 4.79 Å². The van der Waals surface area contributed by atoms with E-state index in [2.05, 4.69) is 32.1 Å². The Morgan fingerprint density at radius 1 is 1.08 bits per heavy atom. The molecule has 1 aliphatic rings. The zero-order valence-corrected chi connectivity index (χ0v) is 15.4. The lowest BCUT2D eigenvalue weighted by Crippen LogP contribution is -2.07. The number of allylic oxidation sites excluding steroid dienone is 2. The van der Waals surface area contributed by atoms with Crippen LogP contribution in [0.15, 0.2) is 30.3 Å². The van der Waals surface area contributed by atoms with Crippen LogP contribution in [0.2, 0.25) is 0 Å². The fourth-order valence-electron chi connectivity index (χ4n) is 3.34. The highest BCUT2D eigenvalue weighted by Crippen LogP contribution is 2.33. The van der Waals surface area contributed by atoms with Crippen LogP contribution in [0.3, 0.4) is 0 Å². The van der Waals surface area contributed by atoms with E-state index < -0.39 is 0 Å². The highest BCUT2D eigenvalue weighted by molar-refractivity contribution is 5.73. The first-order valence-electron chi connectivity index (χ1n) is 9.73. The van der Waals surface area contributed by atoms with Crippen molar-refractivity contribution in [1.29, 1.82) is 0 Å². The molecule has 24 heavy (non-hydrogen) atoms. The number of hydrogen-bond acceptors (Lipinski definition) is 2. The van der Waals surface area contributed by atoms with Crippen LogP contribution in [0.4, 0.5) is 0 Å². The van der Waals surface area contributed by atoms with Gasteiger partial charge in [0.05, 0.1) is 0 Å². The molecule has 0 bridgehead atoms. The van der Waals surface area contributed by atoms with Gasteiger partial charge in [-0.1, -0.05) is 64.2 Å². The van der Waals surface area contributed by atoms with Gasteiger partial charge in [0.15, 0.2) is 0 Å². The minimum atomic E-state index is -0.128. The summed E-state index contributed by atoms with van der Waals surface area (Å²) in [5.41, 5.74) is 2.72. The first kappa shape index (κ1) is 18.8. The molecule has 1 unspecified atom stereocenters. The Balaban J connectivity index is 1.84. The SMILES string of the molecule is CCCCCC1CC=C(c2ccc(OC(=O)CCCC)cc2)CC1. The Kier molecular flexibility index (Phi) is 8.07. The van der Waals surface area contributed by atoms with Crippen LogP contribution in [0.5, 0.6) is 5.75 Å². The van der Waals surface area contributed by atoms with E-state index in [4.69, 9.17) is 4.74 Å². The van der Waals surface area contributed by atoms with Gasteiger partial charge in [0, 0.05) is 6.42 Å². The topological polar surface area (TPSA) is 26.3 Å². The maximum Gasteiger partial charge on any atom is 0.311 e. The summed E-state index contributed by atoms with van der Waals surface area (Å²) in [5.74, 6) is 1.41. The number of benzene rings is 1. The molecule has 0 N–H and O–H groups in total. The van der Waals surface area contributed by atoms with Crippen molar-refractivity contribution in [1.82, 2.24) is 0 Å². The minimum absolute atomic E-state index is 0.128. The molecule has 0 spiro atoms. The van der Waals surface area contributed by atoms with Crippen LogP contribution in [-0.4, -0.2) is 5.97 Å². The maximum atomic E-state index is 11.7. The molecule has 2 heteroatoms. The molecule has 0 saturated carbocycles. The van der Waals surface area contributed by atoms with Gasteiger partial charge in [-0.25, -0.2) is 0 Å². The first-order chi connectivity index (χ1) is 11.7. The number of hydrogen-bond donors (Lipinski definition) is 0. The highest BCUT2D eigenvalue weighted by atomic mass is 16.5. The Hall–Kier alpha value is -1.57. The first-order valence-corrected chi connectivity index (χ1v) is 9.73. The van der Waals surface area contributed by atoms with Gasteiger partial charge in [0.25, 0.3) is 0 Å². The van der Waals surface area contributed by atoms with Crippen molar-refractivity contribution in [2.75, 3.05) is 0 Å². The number of rotatable bonds is 9. The van der Waals surface area contributed by atoms with Crippen LogP contribution in [-0.2, 0) is 4.79 Å². The van der Waals surface area contributed by atoms with Gasteiger partial charge in [0.1, 0.15) is 5.75 Å². The van der Waals surface area contributed by atoms with E-state index in [1.807, 2.05) is 12.1 Å². The summed E-state index contributed by atoms with van der Waals surface area (Å²) in [4.78, 5) is 11.7. The van der Waals surface area contributed by atoms with E-state index in [0.29, 0.717) is 12.2 Å². The molecule has 2 rings (SSSR count). The van der Waals surface area contributed by atoms with Crippen LogP contribution in [0.25, 0.3) is 5.57 Å². The molecule has 1 atom stereocenters. The second kappa shape index (κ2) is 10.3. The molecule has 0 amide bonds. The summed E-state index contributed by atoms with van der Waals surface area (Å²) in [6.45, 7) is 4.35. The van der Waals surface area contributed by atoms with Gasteiger partial charge < -0.3 is 4.74 Å². The molecule has 0 heterocycles. The van der Waals surface area contributed by atoms with Crippen molar-refractivity contribution in [3.8, 4) is 5.75 Å². The molecular formula is C22H32O2. The molecule has 1 aliphatic carbocycles. The van der Waals surface area contributed by atoms with E-state index >= 15 is 0 Å². The van der Waals surface area contributed by atoms with Gasteiger partial charge >= 0.3 is 5.97 Å². The standard InChI is InChI=1S/C22H32O2/c1-3-5-7-8-18-10-12-19(13-11-18)20-14-16-21(17-15-20)24-22(23)9-6-4-2/h12,14-18H,3-11,13H2,1-2H3. The summed E-state index contributed by atoms with van der Waals surface area (Å²) in [7, 11) is 0. The zero-order chi connectivity index (χ0) is 17.2. The average Bonchev–Trinajstić information content (AvgIpc) is 2.61. The van der Waals surface area contributed by atoms with Gasteiger partial charge in [-0.15, -0.1) is 0 Å². The summed E-state index contributed by atoms with van der Waals surface area (Å²) in [6.07, 6.45) is 14.0. The lowest BCUT2D eigenvalue weighted by atomic mass is 9.84. The Morgan fingerprint density at radius 2 is 1.83 bits per heavy atom. The zero-order valence-electron chi connectivity index (χ0n) is 15.4. The molecule has 0 fully saturated rings. The summed E-state index contributed by atoms with van der Waals surface area (Å²) < 4.78 is 5.37. The molecule has 0 radical (unpaired) electrons. The monoisotopic (exact) mass is 328 g/mol. The summed E-state index contributed by atoms with van der Waals surface area (Å²) >= 11 is 0. The van der Waals surface area contributed by atoms with Crippen molar-refractivity contribution < 1.29 is 9.53 Å². The van der Waals surface area contributed by atoms with E-state index in [1.165, 1.54) is 56.1 Å². The fraction of sp³-hybridized carbons (Fsp3) is 0.591. The Labute approximate surface area is 147 Å². The predicted molar refractivity (Wildman–Crippen MR) is 101 cm³/mol. The van der Waals surface area contributed by atoms with E-state index in [9.17, 15) is 4.79 Å². The van der Waals surface area contributed by atoms with Crippen LogP contribution >= 0.6 is 0 Å². The van der Waals surface area contributed by atoms with Crippen molar-refractivity contribution in [3.63, 3.8) is 0 Å². The summed E-state index contributed by atoms with van der Waals surface area (Å²) in [6, 6.07) is 8.03. The third kappa shape index (κ3) is 6.14. The molecule has 132 valence electrons. The lowest BCUT2D eigenvalue weighted by molar-refractivity contribution is -0.134. The van der Waals surface area contributed by atoms with Crippen molar-refractivity contribution in [2.24, 2.45) is 5.92 Å². The minimum Gasteiger partial charge on any atom is -0.427 e. The second-order valence-electron chi connectivity index (χ2n) is 6.97. The molecule has 0 aliphatic heterocycles. The van der Waals surface area contributed by atoms with E-state index in [0.717, 1.165) is 18.8 Å². The Bertz CT molecular complexity index is 527. The van der Waals surface area contributed by atoms with E-state index in [-0.39, 0.29) is 5.97 Å². The third-order valence-corrected chi connectivity index (χ3v) is 4.93. The van der Waals surface area contributed by atoms with Crippen molar-refractivity contribution >= 4 is 11.5 Å². The normalized spacial score (nSPS) is 17.4. The average molecular weight is 328 g/mol. The molecule has 0 aromatic heterocycles. The smallest absolute Gasteiger partial charge is 0.311 e. The number of ether oxygens (including phenoxy) is 1. The number of esters is 1. The molecule has 2 nitrogen and oxygen atoms in total. The number of unbranched alkanes of at least 4 members (excludes halogenated alkanes) is 3. The number of carbonyl (C=O) groups excluding carboxylic acids is 1. The second-order valence-corrected chi connectivity index (χ2v) is 6.97. The van der Waals surface area contributed by atoms with Gasteiger partial charge in [-0.2, -0.15) is 0 Å². The quantitative estimate of drug-likeness (QED) is 0.292. The van der Waals surface area contributed by atoms with Crippen molar-refractivity contribution in [2.45, 2.75) is 78.1 Å². The molecule has 1 aromatic rings. The Morgan fingerprint density at radius 3 is 2.46 bits per heavy atom. The van der Waals surface area contributed by atoms with Crippen LogP contribution < -0.4 is 4.74 Å². The fourth-order valence-corrected chi connectivity index (χ4v) is 3.34. The lowest BCUT2D eigenvalue weighted by Gasteiger charge is -2.22. The van der Waals surface area contributed by atoms with Crippen molar-refractivity contribution in [3.05, 3.63) is 35.9 Å². The van der Waals surface area contributed by atoms with Gasteiger partial charge in [0.2, 0.25) is 0 Å². The van der Waals surface area contributed by atoms with E-state index in [1.54, 1.807) is 0 Å². The third-order valence-electron chi connectivity index (χ3n) is 4.93. The van der Waals surface area contributed by atoms with Gasteiger partial charge in [-0.05, 0) is 54.9 Å². The molecular weight excluding hydrogens is 296 g/mol. The number of carbonyl (C=O) groups is 1. The maximum absolute atomic E-state index is 11.7. The summed E-state index contributed by atoms with van der Waals surface area (Å²) in [5, 5.41) is 0. The predicted octanol–water partition coefficient (Wildman–Crippen LogP) is 6.55. The molecule has 1 aromatic carbocycles. The molecule has 0 saturated heterocycles. The largest absolute Gasteiger partial charge is 0.427 e. The van der Waals surface area contributed by atoms with Crippen LogP contribution in [0, 0.1) is 5.92 Å².